The summed E-state index contributed by atoms with van der Waals surface area (Å²) in [6.07, 6.45) is 2.62. The Morgan fingerprint density at radius 1 is 1.19 bits per heavy atom. The van der Waals surface area contributed by atoms with Crippen molar-refractivity contribution < 1.29 is 9.53 Å². The van der Waals surface area contributed by atoms with Crippen LogP contribution >= 0.6 is 23.1 Å². The van der Waals surface area contributed by atoms with Crippen molar-refractivity contribution in [2.24, 2.45) is 0 Å². The van der Waals surface area contributed by atoms with Crippen LogP contribution in [-0.4, -0.2) is 38.0 Å². The summed E-state index contributed by atoms with van der Waals surface area (Å²) in [6.45, 7) is 4.96. The molecule has 4 aromatic rings. The molecule has 0 aliphatic rings. The van der Waals surface area contributed by atoms with E-state index in [0.29, 0.717) is 10.9 Å². The molecule has 31 heavy (non-hydrogen) atoms. The molecule has 6 nitrogen and oxygen atoms in total. The number of Topliss-reactive ketones (excluding diaryl/α,β-unsaturated/α-hetero) is 1. The van der Waals surface area contributed by atoms with E-state index < -0.39 is 0 Å². The van der Waals surface area contributed by atoms with Crippen LogP contribution in [-0.2, 0) is 13.0 Å². The molecule has 0 spiro atoms. The number of thiophene rings is 1. The van der Waals surface area contributed by atoms with Gasteiger partial charge in [0, 0.05) is 34.4 Å². The molecule has 0 saturated heterocycles. The largest absolute Gasteiger partial charge is 0.497 e. The number of hydrogen-bond donors (Lipinski definition) is 0. The van der Waals surface area contributed by atoms with Gasteiger partial charge in [-0.2, -0.15) is 0 Å². The third kappa shape index (κ3) is 4.75. The Hall–Kier alpha value is -2.84. The van der Waals surface area contributed by atoms with Crippen molar-refractivity contribution in [2.75, 3.05) is 12.9 Å². The first-order chi connectivity index (χ1) is 15.1. The second kappa shape index (κ2) is 9.53. The summed E-state index contributed by atoms with van der Waals surface area (Å²) < 4.78 is 9.40. The summed E-state index contributed by atoms with van der Waals surface area (Å²) in [6, 6.07) is 13.9. The van der Waals surface area contributed by atoms with Gasteiger partial charge in [0.05, 0.1) is 18.6 Å². The van der Waals surface area contributed by atoms with Crippen LogP contribution in [0.2, 0.25) is 0 Å². The number of carbonyl (C=O) groups is 1. The third-order valence-electron chi connectivity index (χ3n) is 5.22. The molecule has 0 bridgehead atoms. The Morgan fingerprint density at radius 2 is 2.06 bits per heavy atom. The van der Waals surface area contributed by atoms with E-state index in [1.807, 2.05) is 41.8 Å². The number of benzene rings is 1. The van der Waals surface area contributed by atoms with Crippen molar-refractivity contribution >= 4 is 28.9 Å². The summed E-state index contributed by atoms with van der Waals surface area (Å²) in [7, 11) is 1.64. The molecule has 3 heterocycles. The predicted octanol–water partition coefficient (Wildman–Crippen LogP) is 4.97. The van der Waals surface area contributed by atoms with Crippen molar-refractivity contribution in [1.29, 1.82) is 0 Å². The number of ketones is 1. The van der Waals surface area contributed by atoms with Crippen molar-refractivity contribution in [3.8, 4) is 11.4 Å². The highest BCUT2D eigenvalue weighted by atomic mass is 32.2. The minimum Gasteiger partial charge on any atom is -0.497 e. The Kier molecular flexibility index (Phi) is 6.58. The van der Waals surface area contributed by atoms with Crippen LogP contribution in [0.3, 0.4) is 0 Å². The molecule has 160 valence electrons. The third-order valence-corrected chi connectivity index (χ3v) is 7.10. The second-order valence-electron chi connectivity index (χ2n) is 7.16. The van der Waals surface area contributed by atoms with E-state index in [4.69, 9.17) is 4.74 Å². The molecule has 0 atom stereocenters. The first-order valence-corrected chi connectivity index (χ1v) is 11.8. The lowest BCUT2D eigenvalue weighted by molar-refractivity contribution is 0.102. The van der Waals surface area contributed by atoms with Gasteiger partial charge < -0.3 is 9.30 Å². The summed E-state index contributed by atoms with van der Waals surface area (Å²) in [5.41, 5.74) is 3.81. The molecule has 0 unspecified atom stereocenters. The number of rotatable bonds is 9. The second-order valence-corrected chi connectivity index (χ2v) is 9.14. The molecule has 8 heteroatoms. The number of aromatic nitrogens is 4. The van der Waals surface area contributed by atoms with Gasteiger partial charge in [0.25, 0.3) is 0 Å². The van der Waals surface area contributed by atoms with E-state index in [-0.39, 0.29) is 5.78 Å². The highest BCUT2D eigenvalue weighted by molar-refractivity contribution is 7.99. The van der Waals surface area contributed by atoms with Gasteiger partial charge in [0.15, 0.2) is 10.9 Å². The van der Waals surface area contributed by atoms with Crippen molar-refractivity contribution in [3.05, 3.63) is 76.0 Å². The molecule has 3 aromatic heterocycles. The summed E-state index contributed by atoms with van der Waals surface area (Å²) >= 11 is 3.16. The minimum absolute atomic E-state index is 0.0978. The van der Waals surface area contributed by atoms with Crippen molar-refractivity contribution in [1.82, 2.24) is 19.3 Å². The fourth-order valence-corrected chi connectivity index (χ4v) is 5.08. The Morgan fingerprint density at radius 3 is 2.84 bits per heavy atom. The van der Waals surface area contributed by atoms with E-state index in [1.165, 1.54) is 16.6 Å². The quantitative estimate of drug-likeness (QED) is 0.265. The minimum atomic E-state index is 0.0978. The van der Waals surface area contributed by atoms with E-state index in [0.717, 1.165) is 41.4 Å². The SMILES string of the molecule is COc1cccc(-n2cnnc2SCC(=O)c2cc(C)n(CCc3cccs3)c2C)c1. The number of ether oxygens (including phenoxy) is 1. The fourth-order valence-electron chi connectivity index (χ4n) is 3.57. The lowest BCUT2D eigenvalue weighted by atomic mass is 10.2. The van der Waals surface area contributed by atoms with Gasteiger partial charge in [-0.1, -0.05) is 23.9 Å². The Labute approximate surface area is 189 Å². The highest BCUT2D eigenvalue weighted by Crippen LogP contribution is 2.25. The Balaban J connectivity index is 1.45. The van der Waals surface area contributed by atoms with Crippen LogP contribution in [0, 0.1) is 13.8 Å². The normalized spacial score (nSPS) is 11.1. The molecular formula is C23H24N4O2S2. The zero-order valence-electron chi connectivity index (χ0n) is 17.7. The van der Waals surface area contributed by atoms with Crippen LogP contribution < -0.4 is 4.74 Å². The van der Waals surface area contributed by atoms with Gasteiger partial charge in [-0.25, -0.2) is 0 Å². The van der Waals surface area contributed by atoms with Crippen molar-refractivity contribution in [2.45, 2.75) is 32.0 Å². The lowest BCUT2D eigenvalue weighted by Gasteiger charge is -2.09. The molecule has 0 N–H and O–H groups in total. The first kappa shape index (κ1) is 21.4. The maximum atomic E-state index is 13.0. The Bertz CT molecular complexity index is 1180. The van der Waals surface area contributed by atoms with E-state index in [2.05, 4.69) is 39.2 Å². The smallest absolute Gasteiger partial charge is 0.196 e. The van der Waals surface area contributed by atoms with Gasteiger partial charge in [0.1, 0.15) is 12.1 Å². The van der Waals surface area contributed by atoms with Crippen LogP contribution in [0.5, 0.6) is 5.75 Å². The van der Waals surface area contributed by atoms with Crippen molar-refractivity contribution in [3.63, 3.8) is 0 Å². The fraction of sp³-hybridized carbons (Fsp3) is 0.261. The maximum Gasteiger partial charge on any atom is 0.196 e. The van der Waals surface area contributed by atoms with Gasteiger partial charge >= 0.3 is 0 Å². The molecule has 1 aromatic carbocycles. The molecule has 0 radical (unpaired) electrons. The van der Waals surface area contributed by atoms with E-state index >= 15 is 0 Å². The van der Waals surface area contributed by atoms with E-state index in [9.17, 15) is 4.79 Å². The number of aryl methyl sites for hydroxylation is 2. The van der Waals surface area contributed by atoms with Gasteiger partial charge in [-0.3, -0.25) is 9.36 Å². The zero-order valence-corrected chi connectivity index (χ0v) is 19.4. The van der Waals surface area contributed by atoms with Crippen LogP contribution in [0.15, 0.2) is 59.3 Å². The molecule has 4 rings (SSSR count). The summed E-state index contributed by atoms with van der Waals surface area (Å²) in [4.78, 5) is 14.4. The van der Waals surface area contributed by atoms with Crippen LogP contribution in [0.1, 0.15) is 26.6 Å². The summed E-state index contributed by atoms with van der Waals surface area (Å²) in [5, 5.41) is 11.0. The summed E-state index contributed by atoms with van der Waals surface area (Å²) in [5.74, 6) is 1.16. The molecular weight excluding hydrogens is 428 g/mol. The standard InChI is InChI=1S/C23H24N4O2S2/c1-16-12-21(17(2)26(16)10-9-20-8-5-11-30-20)22(28)14-31-23-25-24-15-27(23)18-6-4-7-19(13-18)29-3/h4-8,11-13,15H,9-10,14H2,1-3H3. The number of hydrogen-bond acceptors (Lipinski definition) is 6. The zero-order chi connectivity index (χ0) is 21.8. The first-order valence-electron chi connectivity index (χ1n) is 9.96. The van der Waals surface area contributed by atoms with Gasteiger partial charge in [-0.15, -0.1) is 21.5 Å². The number of methoxy groups -OCH3 is 1. The molecule has 0 saturated carbocycles. The monoisotopic (exact) mass is 452 g/mol. The number of nitrogens with zero attached hydrogens (tertiary/aromatic N) is 4. The van der Waals surface area contributed by atoms with Crippen LogP contribution in [0.25, 0.3) is 5.69 Å². The van der Waals surface area contributed by atoms with E-state index in [1.54, 1.807) is 24.8 Å². The average molecular weight is 453 g/mol. The van der Waals surface area contributed by atoms with Gasteiger partial charge in [-0.05, 0) is 49.9 Å². The highest BCUT2D eigenvalue weighted by Gasteiger charge is 2.18. The molecule has 0 aliphatic carbocycles. The predicted molar refractivity (Wildman–Crippen MR) is 125 cm³/mol. The number of carbonyl (C=O) groups excluding carboxylic acids is 1. The maximum absolute atomic E-state index is 13.0. The van der Waals surface area contributed by atoms with Crippen LogP contribution in [0.4, 0.5) is 0 Å². The van der Waals surface area contributed by atoms with Gasteiger partial charge in [0.2, 0.25) is 0 Å². The molecule has 0 amide bonds. The number of thioether (sulfide) groups is 1. The lowest BCUT2D eigenvalue weighted by Crippen LogP contribution is -2.08. The average Bonchev–Trinajstić information content (AvgIpc) is 3.52. The topological polar surface area (TPSA) is 61.9 Å². The molecule has 0 fully saturated rings. The molecule has 0 aliphatic heterocycles.